The molecule has 2 fully saturated rings. The summed E-state index contributed by atoms with van der Waals surface area (Å²) < 4.78 is 26.0. The van der Waals surface area contributed by atoms with Gasteiger partial charge < -0.3 is 5.32 Å². The molecule has 6 nitrogen and oxygen atoms in total. The Morgan fingerprint density at radius 1 is 1.13 bits per heavy atom. The number of hydrogen-bond donors (Lipinski definition) is 2. The van der Waals surface area contributed by atoms with Gasteiger partial charge in [-0.15, -0.1) is 0 Å². The first kappa shape index (κ1) is 18.7. The quantitative estimate of drug-likeness (QED) is 0.777. The predicted octanol–water partition coefficient (Wildman–Crippen LogP) is 0.941. The van der Waals surface area contributed by atoms with Crippen molar-refractivity contribution in [3.05, 3.63) is 0 Å². The number of carbonyl (C=O) groups excluding carboxylic acids is 1. The van der Waals surface area contributed by atoms with E-state index in [4.69, 9.17) is 0 Å². The Balaban J connectivity index is 1.77. The summed E-state index contributed by atoms with van der Waals surface area (Å²) in [5.74, 6) is 1.27. The monoisotopic (exact) mass is 345 g/mol. The van der Waals surface area contributed by atoms with E-state index < -0.39 is 10.0 Å². The predicted molar refractivity (Wildman–Crippen MR) is 91.6 cm³/mol. The summed E-state index contributed by atoms with van der Waals surface area (Å²) in [6, 6.07) is 0.286. The number of carbonyl (C=O) groups is 1. The van der Waals surface area contributed by atoms with Gasteiger partial charge in [-0.2, -0.15) is 0 Å². The molecule has 1 heterocycles. The van der Waals surface area contributed by atoms with Gasteiger partial charge in [0.2, 0.25) is 15.9 Å². The molecule has 0 aromatic rings. The minimum absolute atomic E-state index is 0.0749. The Bertz CT molecular complexity index is 501. The van der Waals surface area contributed by atoms with E-state index in [1.54, 1.807) is 0 Å². The van der Waals surface area contributed by atoms with Crippen molar-refractivity contribution >= 4 is 15.9 Å². The average Bonchev–Trinajstić information content (AvgIpc) is 2.52. The molecule has 0 aromatic heterocycles. The number of sulfonamides is 1. The maximum atomic E-state index is 12.3. The first-order chi connectivity index (χ1) is 10.8. The van der Waals surface area contributed by atoms with E-state index in [2.05, 4.69) is 28.8 Å². The molecule has 0 bridgehead atoms. The fourth-order valence-corrected chi connectivity index (χ4v) is 4.95. The van der Waals surface area contributed by atoms with Crippen LogP contribution in [0.25, 0.3) is 0 Å². The van der Waals surface area contributed by atoms with Crippen LogP contribution in [0.15, 0.2) is 0 Å². The van der Waals surface area contributed by atoms with Crippen LogP contribution >= 0.6 is 0 Å². The zero-order valence-corrected chi connectivity index (χ0v) is 15.4. The standard InChI is InChI=1S/C16H31N3O3S/c1-12-5-4-6-15(13(12)2)18-16(20)11-19-9-7-14(8-10-19)23(21,22)17-3/h12-15,17H,4-11H2,1-3H3,(H,18,20)/t12-,13-,15-/m1/s1. The van der Waals surface area contributed by atoms with Gasteiger partial charge in [-0.25, -0.2) is 13.1 Å². The lowest BCUT2D eigenvalue weighted by Crippen LogP contribution is -2.49. The van der Waals surface area contributed by atoms with Gasteiger partial charge in [0.1, 0.15) is 0 Å². The molecule has 1 saturated heterocycles. The molecule has 1 aliphatic heterocycles. The van der Waals surface area contributed by atoms with E-state index in [0.717, 1.165) is 6.42 Å². The van der Waals surface area contributed by atoms with E-state index in [9.17, 15) is 13.2 Å². The Labute approximate surface area is 140 Å². The number of hydrogen-bond acceptors (Lipinski definition) is 4. The number of amides is 1. The summed E-state index contributed by atoms with van der Waals surface area (Å²) in [4.78, 5) is 14.3. The minimum Gasteiger partial charge on any atom is -0.352 e. The molecule has 0 aromatic carbocycles. The van der Waals surface area contributed by atoms with Crippen molar-refractivity contribution in [3.8, 4) is 0 Å². The first-order valence-electron chi connectivity index (χ1n) is 8.77. The highest BCUT2D eigenvalue weighted by atomic mass is 32.2. The summed E-state index contributed by atoms with van der Waals surface area (Å²) in [6.07, 6.45) is 4.69. The van der Waals surface area contributed by atoms with Crippen molar-refractivity contribution in [3.63, 3.8) is 0 Å². The molecule has 7 heteroatoms. The van der Waals surface area contributed by atoms with Gasteiger partial charge in [-0.3, -0.25) is 9.69 Å². The number of nitrogens with one attached hydrogen (secondary N) is 2. The molecular weight excluding hydrogens is 314 g/mol. The molecule has 2 rings (SSSR count). The van der Waals surface area contributed by atoms with Gasteiger partial charge in [0.25, 0.3) is 0 Å². The highest BCUT2D eigenvalue weighted by Crippen LogP contribution is 2.29. The van der Waals surface area contributed by atoms with E-state index in [1.165, 1.54) is 19.9 Å². The topological polar surface area (TPSA) is 78.5 Å². The number of likely N-dealkylation sites (tertiary alicyclic amines) is 1. The Hall–Kier alpha value is -0.660. The second-order valence-electron chi connectivity index (χ2n) is 7.17. The van der Waals surface area contributed by atoms with Gasteiger partial charge in [-0.05, 0) is 51.2 Å². The molecule has 23 heavy (non-hydrogen) atoms. The third kappa shape index (κ3) is 4.90. The fourth-order valence-electron chi connectivity index (χ4n) is 3.79. The lowest BCUT2D eigenvalue weighted by atomic mass is 9.78. The van der Waals surface area contributed by atoms with Crippen molar-refractivity contribution in [1.29, 1.82) is 0 Å². The van der Waals surface area contributed by atoms with Crippen LogP contribution in [0.1, 0.15) is 46.0 Å². The second-order valence-corrected chi connectivity index (χ2v) is 9.33. The van der Waals surface area contributed by atoms with E-state index in [1.807, 2.05) is 0 Å². The minimum atomic E-state index is -3.19. The summed E-state index contributed by atoms with van der Waals surface area (Å²) in [5.41, 5.74) is 0. The highest BCUT2D eigenvalue weighted by molar-refractivity contribution is 7.90. The molecule has 0 spiro atoms. The van der Waals surface area contributed by atoms with Crippen molar-refractivity contribution in [2.24, 2.45) is 11.8 Å². The molecule has 3 atom stereocenters. The van der Waals surface area contributed by atoms with Crippen LogP contribution in [0.5, 0.6) is 0 Å². The molecule has 1 aliphatic carbocycles. The zero-order chi connectivity index (χ0) is 17.0. The van der Waals surface area contributed by atoms with Gasteiger partial charge >= 0.3 is 0 Å². The van der Waals surface area contributed by atoms with Crippen LogP contribution < -0.4 is 10.0 Å². The van der Waals surface area contributed by atoms with Crippen LogP contribution in [0, 0.1) is 11.8 Å². The van der Waals surface area contributed by atoms with Crippen molar-refractivity contribution < 1.29 is 13.2 Å². The molecule has 2 N–H and O–H groups in total. The van der Waals surface area contributed by atoms with Crippen LogP contribution in [-0.2, 0) is 14.8 Å². The lowest BCUT2D eigenvalue weighted by Gasteiger charge is -2.36. The normalized spacial score (nSPS) is 31.0. The number of piperidine rings is 1. The number of rotatable bonds is 5. The second kappa shape index (κ2) is 7.94. The molecule has 134 valence electrons. The third-order valence-corrected chi connectivity index (χ3v) is 7.60. The number of nitrogens with zero attached hydrogens (tertiary/aromatic N) is 1. The maximum absolute atomic E-state index is 12.3. The Morgan fingerprint density at radius 3 is 2.39 bits per heavy atom. The average molecular weight is 346 g/mol. The smallest absolute Gasteiger partial charge is 0.234 e. The maximum Gasteiger partial charge on any atom is 0.234 e. The molecule has 1 saturated carbocycles. The summed E-state index contributed by atoms with van der Waals surface area (Å²) in [5, 5.41) is 2.86. The molecule has 1 amide bonds. The SMILES string of the molecule is CNS(=O)(=O)C1CCN(CC(=O)N[C@@H]2CCC[C@@H](C)[C@H]2C)CC1. The molecule has 0 unspecified atom stereocenters. The van der Waals surface area contributed by atoms with Gasteiger partial charge in [0, 0.05) is 6.04 Å². The fraction of sp³-hybridized carbons (Fsp3) is 0.938. The van der Waals surface area contributed by atoms with E-state index in [0.29, 0.717) is 44.3 Å². The third-order valence-electron chi connectivity index (χ3n) is 5.68. The van der Waals surface area contributed by atoms with Crippen LogP contribution in [0.4, 0.5) is 0 Å². The highest BCUT2D eigenvalue weighted by Gasteiger charge is 2.31. The van der Waals surface area contributed by atoms with Crippen molar-refractivity contribution in [2.75, 3.05) is 26.7 Å². The van der Waals surface area contributed by atoms with E-state index in [-0.39, 0.29) is 17.2 Å². The van der Waals surface area contributed by atoms with Gasteiger partial charge in [0.05, 0.1) is 11.8 Å². The van der Waals surface area contributed by atoms with Crippen molar-refractivity contribution in [1.82, 2.24) is 14.9 Å². The van der Waals surface area contributed by atoms with Crippen LogP contribution in [-0.4, -0.2) is 57.2 Å². The van der Waals surface area contributed by atoms with Gasteiger partial charge in [0.15, 0.2) is 0 Å². The van der Waals surface area contributed by atoms with Crippen molar-refractivity contribution in [2.45, 2.75) is 57.2 Å². The largest absolute Gasteiger partial charge is 0.352 e. The molecule has 0 radical (unpaired) electrons. The lowest BCUT2D eigenvalue weighted by molar-refractivity contribution is -0.123. The zero-order valence-electron chi connectivity index (χ0n) is 14.5. The summed E-state index contributed by atoms with van der Waals surface area (Å²) in [6.45, 7) is 6.19. The summed E-state index contributed by atoms with van der Waals surface area (Å²) in [7, 11) is -1.73. The molecule has 2 aliphatic rings. The summed E-state index contributed by atoms with van der Waals surface area (Å²) >= 11 is 0. The Morgan fingerprint density at radius 2 is 1.78 bits per heavy atom. The first-order valence-corrected chi connectivity index (χ1v) is 10.3. The van der Waals surface area contributed by atoms with E-state index >= 15 is 0 Å². The Kier molecular flexibility index (Phi) is 6.45. The van der Waals surface area contributed by atoms with Gasteiger partial charge in [-0.1, -0.05) is 26.7 Å². The van der Waals surface area contributed by atoms with Crippen LogP contribution in [0.2, 0.25) is 0 Å². The molecular formula is C16H31N3O3S. The van der Waals surface area contributed by atoms with Crippen LogP contribution in [0.3, 0.4) is 0 Å².